The molecule has 1 unspecified atom stereocenters. The maximum atomic E-state index is 12.7. The Morgan fingerprint density at radius 1 is 0.967 bits per heavy atom. The largest absolute Gasteiger partial charge is 0.374 e. The standard InChI is InChI=1S/C23H28N4O2S/c1-14(2)21(28)26-17-11-9-16(10-12-17)25-15(3)22(29)27-23-19(13-24)18-7-5-4-6-8-20(18)30-23/h9-12,14-15,25H,4-8H2,1-3H3,(H,26,28)(H,27,29). The molecule has 2 aromatic rings. The second kappa shape index (κ2) is 9.77. The SMILES string of the molecule is CC(C)C(=O)Nc1ccc(NC(C)C(=O)Nc2sc3c(c2C#N)CCCCC3)cc1. The normalized spacial score (nSPS) is 14.2. The van der Waals surface area contributed by atoms with Gasteiger partial charge in [-0.3, -0.25) is 9.59 Å². The molecular weight excluding hydrogens is 396 g/mol. The Morgan fingerprint density at radius 3 is 2.30 bits per heavy atom. The highest BCUT2D eigenvalue weighted by molar-refractivity contribution is 7.16. The predicted molar refractivity (Wildman–Crippen MR) is 122 cm³/mol. The zero-order valence-corrected chi connectivity index (χ0v) is 18.5. The topological polar surface area (TPSA) is 94.0 Å². The number of nitrogens with one attached hydrogen (secondary N) is 3. The van der Waals surface area contributed by atoms with Gasteiger partial charge >= 0.3 is 0 Å². The van der Waals surface area contributed by atoms with E-state index in [-0.39, 0.29) is 17.7 Å². The fraction of sp³-hybridized carbons (Fsp3) is 0.435. The van der Waals surface area contributed by atoms with Crippen LogP contribution in [-0.2, 0) is 22.4 Å². The number of nitrogens with zero attached hydrogens (tertiary/aromatic N) is 1. The number of fused-ring (bicyclic) bond motifs is 1. The molecule has 1 aromatic heterocycles. The zero-order chi connectivity index (χ0) is 21.7. The third kappa shape index (κ3) is 5.19. The molecule has 7 heteroatoms. The van der Waals surface area contributed by atoms with E-state index in [1.54, 1.807) is 19.1 Å². The molecule has 0 fully saturated rings. The fourth-order valence-corrected chi connectivity index (χ4v) is 4.66. The summed E-state index contributed by atoms with van der Waals surface area (Å²) in [5, 5.41) is 19.2. The number of thiophene rings is 1. The molecule has 0 bridgehead atoms. The first-order chi connectivity index (χ1) is 14.4. The van der Waals surface area contributed by atoms with Crippen molar-refractivity contribution in [2.45, 2.75) is 58.9 Å². The summed E-state index contributed by atoms with van der Waals surface area (Å²) in [6.07, 6.45) is 5.32. The highest BCUT2D eigenvalue weighted by Crippen LogP contribution is 2.37. The molecule has 1 aliphatic rings. The lowest BCUT2D eigenvalue weighted by atomic mass is 10.1. The summed E-state index contributed by atoms with van der Waals surface area (Å²) in [7, 11) is 0. The average molecular weight is 425 g/mol. The van der Waals surface area contributed by atoms with Gasteiger partial charge in [0.1, 0.15) is 17.1 Å². The number of carbonyl (C=O) groups is 2. The first-order valence-electron chi connectivity index (χ1n) is 10.4. The van der Waals surface area contributed by atoms with Gasteiger partial charge < -0.3 is 16.0 Å². The van der Waals surface area contributed by atoms with Gasteiger partial charge in [-0.15, -0.1) is 11.3 Å². The van der Waals surface area contributed by atoms with Crippen LogP contribution in [0.5, 0.6) is 0 Å². The molecule has 1 aliphatic carbocycles. The van der Waals surface area contributed by atoms with Gasteiger partial charge in [0.05, 0.1) is 5.56 Å². The summed E-state index contributed by atoms with van der Waals surface area (Å²) in [6, 6.07) is 9.08. The molecule has 3 N–H and O–H groups in total. The van der Waals surface area contributed by atoms with E-state index in [0.29, 0.717) is 10.6 Å². The number of aryl methyl sites for hydroxylation is 1. The minimum Gasteiger partial charge on any atom is -0.374 e. The van der Waals surface area contributed by atoms with Crippen LogP contribution < -0.4 is 16.0 Å². The third-order valence-corrected chi connectivity index (χ3v) is 6.43. The number of rotatable bonds is 6. The molecule has 1 atom stereocenters. The number of benzene rings is 1. The monoisotopic (exact) mass is 424 g/mol. The van der Waals surface area contributed by atoms with E-state index in [9.17, 15) is 14.9 Å². The molecule has 0 aliphatic heterocycles. The Balaban J connectivity index is 1.63. The molecule has 2 amide bonds. The first kappa shape index (κ1) is 21.8. The molecule has 0 saturated heterocycles. The van der Waals surface area contributed by atoms with E-state index in [2.05, 4.69) is 22.0 Å². The van der Waals surface area contributed by atoms with Crippen molar-refractivity contribution in [3.8, 4) is 6.07 Å². The Hall–Kier alpha value is -2.85. The summed E-state index contributed by atoms with van der Waals surface area (Å²) < 4.78 is 0. The van der Waals surface area contributed by atoms with Crippen LogP contribution in [0.3, 0.4) is 0 Å². The van der Waals surface area contributed by atoms with Crippen molar-refractivity contribution >= 4 is 39.5 Å². The van der Waals surface area contributed by atoms with Crippen molar-refractivity contribution in [1.82, 2.24) is 0 Å². The minimum atomic E-state index is -0.477. The second-order valence-corrected chi connectivity index (χ2v) is 9.06. The lowest BCUT2D eigenvalue weighted by Gasteiger charge is -2.15. The maximum Gasteiger partial charge on any atom is 0.247 e. The van der Waals surface area contributed by atoms with Gasteiger partial charge in [0.15, 0.2) is 0 Å². The van der Waals surface area contributed by atoms with Crippen LogP contribution in [0.1, 0.15) is 56.0 Å². The van der Waals surface area contributed by atoms with Crippen LogP contribution in [0.2, 0.25) is 0 Å². The molecule has 158 valence electrons. The van der Waals surface area contributed by atoms with Crippen molar-refractivity contribution in [3.05, 3.63) is 40.3 Å². The van der Waals surface area contributed by atoms with Gasteiger partial charge in [-0.1, -0.05) is 20.3 Å². The van der Waals surface area contributed by atoms with Crippen molar-refractivity contribution in [3.63, 3.8) is 0 Å². The maximum absolute atomic E-state index is 12.7. The first-order valence-corrected chi connectivity index (χ1v) is 11.2. The molecule has 1 heterocycles. The molecule has 0 saturated carbocycles. The molecule has 6 nitrogen and oxygen atoms in total. The molecule has 0 spiro atoms. The van der Waals surface area contributed by atoms with Crippen LogP contribution in [0.15, 0.2) is 24.3 Å². The fourth-order valence-electron chi connectivity index (χ4n) is 3.42. The summed E-state index contributed by atoms with van der Waals surface area (Å²) in [4.78, 5) is 25.7. The summed E-state index contributed by atoms with van der Waals surface area (Å²) in [6.45, 7) is 5.47. The lowest BCUT2D eigenvalue weighted by Crippen LogP contribution is -2.31. The van der Waals surface area contributed by atoms with Crippen molar-refractivity contribution < 1.29 is 9.59 Å². The zero-order valence-electron chi connectivity index (χ0n) is 17.7. The van der Waals surface area contributed by atoms with Gasteiger partial charge in [0.2, 0.25) is 11.8 Å². The van der Waals surface area contributed by atoms with Crippen LogP contribution in [0, 0.1) is 17.2 Å². The molecular formula is C23H28N4O2S. The van der Waals surface area contributed by atoms with Gasteiger partial charge in [0.25, 0.3) is 0 Å². The van der Waals surface area contributed by atoms with Crippen molar-refractivity contribution in [2.24, 2.45) is 5.92 Å². The number of hydrogen-bond donors (Lipinski definition) is 3. The number of hydrogen-bond acceptors (Lipinski definition) is 5. The van der Waals surface area contributed by atoms with Gasteiger partial charge in [0, 0.05) is 22.2 Å². The van der Waals surface area contributed by atoms with Crippen LogP contribution in [0.4, 0.5) is 16.4 Å². The van der Waals surface area contributed by atoms with E-state index in [1.807, 2.05) is 26.0 Å². The number of anilines is 3. The van der Waals surface area contributed by atoms with Crippen molar-refractivity contribution in [2.75, 3.05) is 16.0 Å². The second-order valence-electron chi connectivity index (χ2n) is 7.96. The van der Waals surface area contributed by atoms with Crippen LogP contribution >= 0.6 is 11.3 Å². The van der Waals surface area contributed by atoms with E-state index >= 15 is 0 Å². The summed E-state index contributed by atoms with van der Waals surface area (Å²) in [5.74, 6) is -0.302. The lowest BCUT2D eigenvalue weighted by molar-refractivity contribution is -0.119. The average Bonchev–Trinajstić information content (AvgIpc) is 2.88. The molecule has 3 rings (SSSR count). The number of amides is 2. The van der Waals surface area contributed by atoms with Gasteiger partial charge in [-0.25, -0.2) is 0 Å². The Morgan fingerprint density at radius 2 is 1.63 bits per heavy atom. The van der Waals surface area contributed by atoms with Crippen LogP contribution in [0.25, 0.3) is 0 Å². The van der Waals surface area contributed by atoms with E-state index in [4.69, 9.17) is 0 Å². The summed E-state index contributed by atoms with van der Waals surface area (Å²) >= 11 is 1.54. The molecule has 1 aromatic carbocycles. The van der Waals surface area contributed by atoms with Crippen LogP contribution in [-0.4, -0.2) is 17.9 Å². The Bertz CT molecular complexity index is 957. The Labute approximate surface area is 181 Å². The number of nitriles is 1. The predicted octanol–water partition coefficient (Wildman–Crippen LogP) is 4.92. The molecule has 30 heavy (non-hydrogen) atoms. The third-order valence-electron chi connectivity index (χ3n) is 5.22. The minimum absolute atomic E-state index is 0.0360. The highest BCUT2D eigenvalue weighted by Gasteiger charge is 2.22. The quantitative estimate of drug-likeness (QED) is 0.574. The van der Waals surface area contributed by atoms with Gasteiger partial charge in [-0.05, 0) is 62.4 Å². The van der Waals surface area contributed by atoms with E-state index in [1.165, 1.54) is 22.6 Å². The van der Waals surface area contributed by atoms with E-state index < -0.39 is 6.04 Å². The summed E-state index contributed by atoms with van der Waals surface area (Å²) in [5.41, 5.74) is 3.25. The van der Waals surface area contributed by atoms with Crippen molar-refractivity contribution in [1.29, 1.82) is 5.26 Å². The highest BCUT2D eigenvalue weighted by atomic mass is 32.1. The molecule has 0 radical (unpaired) electrons. The number of carbonyl (C=O) groups excluding carboxylic acids is 2. The van der Waals surface area contributed by atoms with Gasteiger partial charge in [-0.2, -0.15) is 5.26 Å². The van der Waals surface area contributed by atoms with E-state index in [0.717, 1.165) is 42.6 Å². The Kier molecular flexibility index (Phi) is 7.11. The smallest absolute Gasteiger partial charge is 0.247 e.